The van der Waals surface area contributed by atoms with Crippen LogP contribution >= 0.6 is 22.9 Å². The summed E-state index contributed by atoms with van der Waals surface area (Å²) in [7, 11) is 0. The molecule has 0 aliphatic carbocycles. The van der Waals surface area contributed by atoms with Crippen molar-refractivity contribution < 1.29 is 27.0 Å². The Labute approximate surface area is 236 Å². The molecular formula is C29H24ClF4N3O2S. The van der Waals surface area contributed by atoms with Crippen molar-refractivity contribution in [2.75, 3.05) is 26.3 Å². The van der Waals surface area contributed by atoms with Crippen molar-refractivity contribution in [1.82, 2.24) is 15.1 Å². The molecule has 1 aliphatic rings. The molecule has 0 saturated carbocycles. The van der Waals surface area contributed by atoms with Crippen LogP contribution in [-0.2, 0) is 5.92 Å². The van der Waals surface area contributed by atoms with Crippen LogP contribution in [0.5, 0.6) is 17.2 Å². The molecule has 40 heavy (non-hydrogen) atoms. The quantitative estimate of drug-likeness (QED) is 0.175. The molecular weight excluding hydrogens is 566 g/mol. The van der Waals surface area contributed by atoms with Crippen LogP contribution < -0.4 is 9.47 Å². The zero-order valence-electron chi connectivity index (χ0n) is 21.3. The molecule has 5 aromatic rings. The lowest BCUT2D eigenvalue weighted by atomic mass is 10.00. The molecule has 6 rings (SSSR count). The van der Waals surface area contributed by atoms with Gasteiger partial charge in [0, 0.05) is 43.1 Å². The zero-order valence-corrected chi connectivity index (χ0v) is 22.9. The molecule has 208 valence electrons. The zero-order chi connectivity index (χ0) is 28.0. The Morgan fingerprint density at radius 1 is 1.10 bits per heavy atom. The first-order valence-electron chi connectivity index (χ1n) is 12.7. The van der Waals surface area contributed by atoms with Crippen molar-refractivity contribution in [2.24, 2.45) is 0 Å². The fraction of sp³-hybridized carbons (Fsp3) is 0.276. The lowest BCUT2D eigenvalue weighted by Gasteiger charge is -2.38. The Morgan fingerprint density at radius 2 is 1.85 bits per heavy atom. The number of halogens is 5. The molecule has 11 heteroatoms. The van der Waals surface area contributed by atoms with E-state index in [0.717, 1.165) is 38.7 Å². The summed E-state index contributed by atoms with van der Waals surface area (Å²) in [6, 6.07) is 14.0. The van der Waals surface area contributed by atoms with Gasteiger partial charge in [0.2, 0.25) is 0 Å². The van der Waals surface area contributed by atoms with Crippen LogP contribution in [0.15, 0.2) is 54.6 Å². The maximum atomic E-state index is 14.7. The van der Waals surface area contributed by atoms with Gasteiger partial charge in [0.1, 0.15) is 23.4 Å². The predicted molar refractivity (Wildman–Crippen MR) is 149 cm³/mol. The average Bonchev–Trinajstić information content (AvgIpc) is 3.46. The number of likely N-dealkylation sites (tertiary alicyclic amines) is 1. The van der Waals surface area contributed by atoms with Gasteiger partial charge in [-0.05, 0) is 55.0 Å². The first-order valence-corrected chi connectivity index (χ1v) is 13.9. The van der Waals surface area contributed by atoms with E-state index >= 15 is 0 Å². The molecule has 3 aromatic carbocycles. The molecule has 0 bridgehead atoms. The van der Waals surface area contributed by atoms with Crippen LogP contribution in [0.4, 0.5) is 17.6 Å². The number of fused-ring (bicyclic) bond motifs is 3. The molecule has 1 aliphatic heterocycles. The van der Waals surface area contributed by atoms with Crippen molar-refractivity contribution in [3.63, 3.8) is 0 Å². The third kappa shape index (κ3) is 5.11. The average molecular weight is 590 g/mol. The SMILES string of the molecule is CC(F)(F)c1cc(F)ccc1-c1sc2c(ccc3[nH]nc(Cl)c32)c1Oc1ccc(OC2CN(CCCF)C2)cc1. The Balaban J connectivity index is 1.36. The summed E-state index contributed by atoms with van der Waals surface area (Å²) in [6.45, 7) is 2.63. The molecule has 1 saturated heterocycles. The second-order valence-corrected chi connectivity index (χ2v) is 11.2. The number of aromatic nitrogens is 2. The number of H-pyrrole nitrogens is 1. The topological polar surface area (TPSA) is 50.4 Å². The number of hydrogen-bond acceptors (Lipinski definition) is 5. The van der Waals surface area contributed by atoms with Gasteiger partial charge in [-0.15, -0.1) is 11.3 Å². The van der Waals surface area contributed by atoms with Crippen molar-refractivity contribution in [3.8, 4) is 27.7 Å². The minimum absolute atomic E-state index is 0.0357. The molecule has 0 amide bonds. The summed E-state index contributed by atoms with van der Waals surface area (Å²) >= 11 is 7.60. The third-order valence-electron chi connectivity index (χ3n) is 6.87. The van der Waals surface area contributed by atoms with E-state index in [1.54, 1.807) is 30.3 Å². The van der Waals surface area contributed by atoms with E-state index in [-0.39, 0.29) is 23.5 Å². The highest BCUT2D eigenvalue weighted by atomic mass is 35.5. The molecule has 0 spiro atoms. The van der Waals surface area contributed by atoms with Gasteiger partial charge < -0.3 is 9.47 Å². The van der Waals surface area contributed by atoms with E-state index in [0.29, 0.717) is 49.5 Å². The largest absolute Gasteiger partial charge is 0.488 e. The van der Waals surface area contributed by atoms with E-state index < -0.39 is 17.3 Å². The summed E-state index contributed by atoms with van der Waals surface area (Å²) < 4.78 is 68.8. The van der Waals surface area contributed by atoms with Crippen molar-refractivity contribution in [2.45, 2.75) is 25.4 Å². The number of nitrogens with zero attached hydrogens (tertiary/aromatic N) is 2. The highest BCUT2D eigenvalue weighted by molar-refractivity contribution is 7.23. The lowest BCUT2D eigenvalue weighted by Crippen LogP contribution is -2.53. The summed E-state index contributed by atoms with van der Waals surface area (Å²) in [6.07, 6.45) is 0.555. The number of aromatic amines is 1. The highest BCUT2D eigenvalue weighted by Gasteiger charge is 2.32. The van der Waals surface area contributed by atoms with Gasteiger partial charge in [-0.25, -0.2) is 13.2 Å². The first-order chi connectivity index (χ1) is 19.2. The minimum atomic E-state index is -3.30. The first kappa shape index (κ1) is 26.9. The van der Waals surface area contributed by atoms with Crippen molar-refractivity contribution in [1.29, 1.82) is 0 Å². The Morgan fingerprint density at radius 3 is 2.58 bits per heavy atom. The van der Waals surface area contributed by atoms with Gasteiger partial charge >= 0.3 is 0 Å². The van der Waals surface area contributed by atoms with Gasteiger partial charge in [-0.1, -0.05) is 17.7 Å². The van der Waals surface area contributed by atoms with E-state index in [1.807, 2.05) is 6.07 Å². The molecule has 3 heterocycles. The summed E-state index contributed by atoms with van der Waals surface area (Å²) in [5.74, 6) is -2.56. The number of benzene rings is 3. The van der Waals surface area contributed by atoms with Crippen molar-refractivity contribution in [3.05, 3.63) is 71.1 Å². The second kappa shape index (κ2) is 10.6. The van der Waals surface area contributed by atoms with Gasteiger partial charge in [0.25, 0.3) is 5.92 Å². The van der Waals surface area contributed by atoms with Gasteiger partial charge in [0.05, 0.1) is 27.2 Å². The van der Waals surface area contributed by atoms with E-state index in [9.17, 15) is 17.6 Å². The maximum absolute atomic E-state index is 14.7. The smallest absolute Gasteiger partial charge is 0.271 e. The van der Waals surface area contributed by atoms with Crippen LogP contribution in [0.3, 0.4) is 0 Å². The van der Waals surface area contributed by atoms with Crippen LogP contribution in [0.2, 0.25) is 5.15 Å². The monoisotopic (exact) mass is 589 g/mol. The number of thiophene rings is 1. The summed E-state index contributed by atoms with van der Waals surface area (Å²) in [5.41, 5.74) is 0.418. The standard InChI is InChI=1S/C29H24ClF4N3O2S/c1-29(33,34)22-13-16(32)3-8-20(22)27-25(21-9-10-23-24(26(21)40-27)28(30)36-35-23)39-18-6-4-17(5-7-18)38-19-14-37(15-19)12-2-11-31/h3-10,13,19H,2,11-12,14-15H2,1H3,(H,35,36). The number of alkyl halides is 3. The Bertz CT molecular complexity index is 1680. The fourth-order valence-corrected chi connectivity index (χ4v) is 6.53. The van der Waals surface area contributed by atoms with Gasteiger partial charge in [0.15, 0.2) is 10.9 Å². The van der Waals surface area contributed by atoms with E-state index in [2.05, 4.69) is 15.1 Å². The fourth-order valence-electron chi connectivity index (χ4n) is 4.92. The molecule has 0 unspecified atom stereocenters. The number of rotatable bonds is 9. The highest BCUT2D eigenvalue weighted by Crippen LogP contribution is 2.51. The van der Waals surface area contributed by atoms with Crippen LogP contribution in [0.25, 0.3) is 31.4 Å². The van der Waals surface area contributed by atoms with Crippen LogP contribution in [-0.4, -0.2) is 47.5 Å². The molecule has 1 fully saturated rings. The molecule has 0 atom stereocenters. The van der Waals surface area contributed by atoms with Gasteiger partial charge in [-0.2, -0.15) is 5.10 Å². The van der Waals surface area contributed by atoms with Crippen LogP contribution in [0.1, 0.15) is 18.9 Å². The molecule has 5 nitrogen and oxygen atoms in total. The number of hydrogen-bond donors (Lipinski definition) is 1. The van der Waals surface area contributed by atoms with Crippen molar-refractivity contribution >= 4 is 43.9 Å². The predicted octanol–water partition coefficient (Wildman–Crippen LogP) is 8.56. The molecule has 0 radical (unpaired) electrons. The normalized spacial score (nSPS) is 14.7. The lowest BCUT2D eigenvalue weighted by molar-refractivity contribution is 0.0177. The molecule has 1 N–H and O–H groups in total. The molecule has 2 aromatic heterocycles. The minimum Gasteiger partial charge on any atom is -0.488 e. The van der Waals surface area contributed by atoms with Gasteiger partial charge in [-0.3, -0.25) is 14.4 Å². The number of ether oxygens (including phenoxy) is 2. The maximum Gasteiger partial charge on any atom is 0.271 e. The Hall–Kier alpha value is -3.34. The second-order valence-electron chi connectivity index (χ2n) is 9.83. The summed E-state index contributed by atoms with van der Waals surface area (Å²) in [4.78, 5) is 2.55. The van der Waals surface area contributed by atoms with E-state index in [1.165, 1.54) is 17.4 Å². The Kier molecular flexibility index (Phi) is 7.10. The third-order valence-corrected chi connectivity index (χ3v) is 8.38. The van der Waals surface area contributed by atoms with E-state index in [4.69, 9.17) is 21.1 Å². The summed E-state index contributed by atoms with van der Waals surface area (Å²) in [5, 5.41) is 8.50. The van der Waals surface area contributed by atoms with Crippen LogP contribution in [0, 0.1) is 5.82 Å². The number of nitrogens with one attached hydrogen (secondary N) is 1.